The number of allylic oxidation sites excluding steroid dienone is 1. The van der Waals surface area contributed by atoms with E-state index in [0.29, 0.717) is 12.0 Å². The molecule has 25 heavy (non-hydrogen) atoms. The minimum Gasteiger partial charge on any atom is -0.467 e. The lowest BCUT2D eigenvalue weighted by Crippen LogP contribution is -2.59. The Bertz CT molecular complexity index is 676. The lowest BCUT2D eigenvalue weighted by Gasteiger charge is -2.28. The van der Waals surface area contributed by atoms with E-state index in [4.69, 9.17) is 15.6 Å². The van der Waals surface area contributed by atoms with Gasteiger partial charge in [0.25, 0.3) is 5.91 Å². The fourth-order valence-electron chi connectivity index (χ4n) is 1.93. The van der Waals surface area contributed by atoms with Crippen LogP contribution >= 0.6 is 0 Å². The molecule has 0 saturated heterocycles. The highest BCUT2D eigenvalue weighted by Crippen LogP contribution is 2.10. The lowest BCUT2D eigenvalue weighted by molar-refractivity contribution is -0.144. The molecule has 0 bridgehead atoms. The Hall–Kier alpha value is -2.62. The lowest BCUT2D eigenvalue weighted by atomic mass is 9.95. The third kappa shape index (κ3) is 6.79. The molecular formula is C19H24N2O4. The van der Waals surface area contributed by atoms with Crippen molar-refractivity contribution in [3.05, 3.63) is 47.5 Å². The van der Waals surface area contributed by atoms with Gasteiger partial charge in [-0.1, -0.05) is 17.9 Å². The SMILES string of the molecule is COC(=O)C(NC(=O)c1ccc(C#CC=CCCO)cc1)C(C)(C)N. The molecule has 134 valence electrons. The number of nitrogens with one attached hydrogen (secondary N) is 1. The molecular weight excluding hydrogens is 320 g/mol. The summed E-state index contributed by atoms with van der Waals surface area (Å²) in [5.41, 5.74) is 6.11. The maximum absolute atomic E-state index is 12.3. The van der Waals surface area contributed by atoms with Crippen LogP contribution in [0.1, 0.15) is 36.2 Å². The average molecular weight is 344 g/mol. The second-order valence-electron chi connectivity index (χ2n) is 6.01. The Balaban J connectivity index is 2.81. The number of amides is 1. The van der Waals surface area contributed by atoms with Gasteiger partial charge in [-0.2, -0.15) is 0 Å². The van der Waals surface area contributed by atoms with Gasteiger partial charge in [0.15, 0.2) is 0 Å². The largest absolute Gasteiger partial charge is 0.467 e. The molecule has 1 amide bonds. The van der Waals surface area contributed by atoms with E-state index in [9.17, 15) is 9.59 Å². The third-order valence-electron chi connectivity index (χ3n) is 3.32. The van der Waals surface area contributed by atoms with Gasteiger partial charge in [-0.3, -0.25) is 4.79 Å². The summed E-state index contributed by atoms with van der Waals surface area (Å²) in [5, 5.41) is 11.3. The first-order valence-electron chi connectivity index (χ1n) is 7.84. The van der Waals surface area contributed by atoms with Crippen molar-refractivity contribution in [3.8, 4) is 11.8 Å². The average Bonchev–Trinajstić information content (AvgIpc) is 2.58. The molecule has 0 saturated carbocycles. The quantitative estimate of drug-likeness (QED) is 0.527. The number of aliphatic hydroxyl groups excluding tert-OH is 1. The zero-order chi connectivity index (χ0) is 18.9. The normalized spacial score (nSPS) is 12.2. The third-order valence-corrected chi connectivity index (χ3v) is 3.32. The highest BCUT2D eigenvalue weighted by Gasteiger charge is 2.34. The van der Waals surface area contributed by atoms with Crippen molar-refractivity contribution < 1.29 is 19.4 Å². The summed E-state index contributed by atoms with van der Waals surface area (Å²) in [7, 11) is 1.25. The summed E-state index contributed by atoms with van der Waals surface area (Å²) in [5.74, 6) is 4.74. The van der Waals surface area contributed by atoms with Gasteiger partial charge in [0, 0.05) is 23.3 Å². The fraction of sp³-hybridized carbons (Fsp3) is 0.368. The summed E-state index contributed by atoms with van der Waals surface area (Å²) in [6.07, 6.45) is 4.00. The van der Waals surface area contributed by atoms with E-state index >= 15 is 0 Å². The van der Waals surface area contributed by atoms with Crippen LogP contribution in [0.5, 0.6) is 0 Å². The molecule has 0 aliphatic carbocycles. The second-order valence-corrected chi connectivity index (χ2v) is 6.01. The molecule has 1 atom stereocenters. The van der Waals surface area contributed by atoms with Crippen LogP contribution in [0.4, 0.5) is 0 Å². The summed E-state index contributed by atoms with van der Waals surface area (Å²) in [6, 6.07) is 5.70. The van der Waals surface area contributed by atoms with E-state index in [1.807, 2.05) is 0 Å². The number of carbonyl (C=O) groups excluding carboxylic acids is 2. The Morgan fingerprint density at radius 1 is 1.36 bits per heavy atom. The van der Waals surface area contributed by atoms with Crippen molar-refractivity contribution in [3.63, 3.8) is 0 Å². The number of ether oxygens (including phenoxy) is 1. The predicted molar refractivity (Wildman–Crippen MR) is 95.7 cm³/mol. The zero-order valence-electron chi connectivity index (χ0n) is 14.7. The number of aliphatic hydroxyl groups is 1. The Morgan fingerprint density at radius 3 is 2.52 bits per heavy atom. The van der Waals surface area contributed by atoms with E-state index in [1.165, 1.54) is 7.11 Å². The Morgan fingerprint density at radius 2 is 2.00 bits per heavy atom. The maximum atomic E-state index is 12.3. The first-order valence-corrected chi connectivity index (χ1v) is 7.84. The van der Waals surface area contributed by atoms with Crippen LogP contribution in [0.25, 0.3) is 0 Å². The van der Waals surface area contributed by atoms with Crippen LogP contribution in [-0.2, 0) is 9.53 Å². The summed E-state index contributed by atoms with van der Waals surface area (Å²) < 4.78 is 4.69. The second kappa shape index (κ2) is 9.62. The van der Waals surface area contributed by atoms with Crippen LogP contribution in [-0.4, -0.2) is 42.3 Å². The monoisotopic (exact) mass is 344 g/mol. The van der Waals surface area contributed by atoms with Crippen molar-refractivity contribution >= 4 is 11.9 Å². The fourth-order valence-corrected chi connectivity index (χ4v) is 1.93. The molecule has 6 heteroatoms. The van der Waals surface area contributed by atoms with Crippen molar-refractivity contribution in [2.24, 2.45) is 5.73 Å². The van der Waals surface area contributed by atoms with E-state index < -0.39 is 23.5 Å². The molecule has 0 heterocycles. The predicted octanol–water partition coefficient (Wildman–Crippen LogP) is 0.985. The topological polar surface area (TPSA) is 102 Å². The Labute approximate surface area is 148 Å². The summed E-state index contributed by atoms with van der Waals surface area (Å²) in [6.45, 7) is 3.36. The molecule has 6 nitrogen and oxygen atoms in total. The van der Waals surface area contributed by atoms with Gasteiger partial charge in [0.2, 0.25) is 0 Å². The molecule has 1 aromatic rings. The first-order chi connectivity index (χ1) is 11.8. The van der Waals surface area contributed by atoms with E-state index in [1.54, 1.807) is 50.3 Å². The van der Waals surface area contributed by atoms with Gasteiger partial charge in [0.1, 0.15) is 6.04 Å². The standard InChI is InChI=1S/C19H24N2O4/c1-19(2,20)16(18(24)25-3)21-17(23)15-11-9-14(10-12-15)8-6-4-5-7-13-22/h4-5,9-12,16,22H,7,13,20H2,1-3H3,(H,21,23). The number of benzene rings is 1. The molecule has 0 aliphatic rings. The smallest absolute Gasteiger partial charge is 0.330 e. The minimum atomic E-state index is -0.963. The van der Waals surface area contributed by atoms with Gasteiger partial charge in [-0.15, -0.1) is 0 Å². The van der Waals surface area contributed by atoms with Gasteiger partial charge >= 0.3 is 5.97 Å². The van der Waals surface area contributed by atoms with Crippen molar-refractivity contribution in [2.45, 2.75) is 31.8 Å². The molecule has 1 aromatic carbocycles. The summed E-state index contributed by atoms with van der Waals surface area (Å²) in [4.78, 5) is 24.1. The number of hydrogen-bond donors (Lipinski definition) is 3. The number of methoxy groups -OCH3 is 1. The van der Waals surface area contributed by atoms with Crippen molar-refractivity contribution in [1.29, 1.82) is 0 Å². The van der Waals surface area contributed by atoms with Gasteiger partial charge in [0.05, 0.1) is 7.11 Å². The zero-order valence-corrected chi connectivity index (χ0v) is 14.7. The summed E-state index contributed by atoms with van der Waals surface area (Å²) >= 11 is 0. The van der Waals surface area contributed by atoms with Gasteiger partial charge in [-0.05, 0) is 50.6 Å². The van der Waals surface area contributed by atoms with Gasteiger partial charge in [-0.25, -0.2) is 4.79 Å². The minimum absolute atomic E-state index is 0.0914. The number of hydrogen-bond acceptors (Lipinski definition) is 5. The van der Waals surface area contributed by atoms with Crippen molar-refractivity contribution in [2.75, 3.05) is 13.7 Å². The number of rotatable bonds is 6. The highest BCUT2D eigenvalue weighted by molar-refractivity contribution is 5.97. The van der Waals surface area contributed by atoms with Crippen molar-refractivity contribution in [1.82, 2.24) is 5.32 Å². The van der Waals surface area contributed by atoms with E-state index in [2.05, 4.69) is 17.2 Å². The molecule has 0 fully saturated rings. The molecule has 0 spiro atoms. The van der Waals surface area contributed by atoms with E-state index in [0.717, 1.165) is 5.56 Å². The molecule has 4 N–H and O–H groups in total. The number of carbonyl (C=O) groups is 2. The van der Waals surface area contributed by atoms with Gasteiger partial charge < -0.3 is 20.9 Å². The van der Waals surface area contributed by atoms with E-state index in [-0.39, 0.29) is 6.61 Å². The number of esters is 1. The van der Waals surface area contributed by atoms with Crippen LogP contribution in [0.3, 0.4) is 0 Å². The van der Waals surface area contributed by atoms with Crippen LogP contribution in [0.2, 0.25) is 0 Å². The first kappa shape index (κ1) is 20.4. The molecule has 1 rings (SSSR count). The number of nitrogens with two attached hydrogens (primary N) is 1. The molecule has 1 unspecified atom stereocenters. The molecule has 0 aromatic heterocycles. The van der Waals surface area contributed by atoms with Crippen LogP contribution < -0.4 is 11.1 Å². The van der Waals surface area contributed by atoms with Crippen LogP contribution in [0.15, 0.2) is 36.4 Å². The maximum Gasteiger partial charge on any atom is 0.330 e. The van der Waals surface area contributed by atoms with Crippen LogP contribution in [0, 0.1) is 11.8 Å². The molecule has 0 radical (unpaired) electrons. The Kier molecular flexibility index (Phi) is 7.86. The molecule has 0 aliphatic heterocycles. The highest BCUT2D eigenvalue weighted by atomic mass is 16.5.